The zero-order chi connectivity index (χ0) is 17.4. The van der Waals surface area contributed by atoms with Gasteiger partial charge in [0.25, 0.3) is 17.7 Å². The Hall–Kier alpha value is -2.47. The molecule has 0 spiro atoms. The minimum Gasteiger partial charge on any atom is -0.346 e. The van der Waals surface area contributed by atoms with Crippen LogP contribution >= 0.6 is 15.9 Å². The van der Waals surface area contributed by atoms with Crippen LogP contribution in [0.1, 0.15) is 49.6 Å². The molecule has 0 saturated carbocycles. The van der Waals surface area contributed by atoms with Gasteiger partial charge in [0.2, 0.25) is 0 Å². The van der Waals surface area contributed by atoms with Crippen molar-refractivity contribution in [2.45, 2.75) is 13.0 Å². The number of nitrogens with zero attached hydrogens (tertiary/aromatic N) is 1. The highest BCUT2D eigenvalue weighted by Gasteiger charge is 2.33. The van der Waals surface area contributed by atoms with E-state index in [4.69, 9.17) is 0 Å². The first kappa shape index (κ1) is 16.4. The average Bonchev–Trinajstić information content (AvgIpc) is 2.79. The van der Waals surface area contributed by atoms with Gasteiger partial charge in [-0.05, 0) is 42.8 Å². The number of fused-ring (bicyclic) bond motifs is 1. The average molecular weight is 387 g/mol. The molecule has 0 bridgehead atoms. The molecule has 0 aliphatic carbocycles. The molecule has 2 aromatic rings. The number of rotatable bonds is 3. The second kappa shape index (κ2) is 6.20. The van der Waals surface area contributed by atoms with Crippen LogP contribution in [-0.4, -0.2) is 29.7 Å². The summed E-state index contributed by atoms with van der Waals surface area (Å²) in [7, 11) is 1.43. The maximum Gasteiger partial charge on any atom is 0.261 e. The maximum absolute atomic E-state index is 12.4. The SMILES string of the molecule is CC(NC(=O)c1ccc2c(c1)C(=O)N(C)C2=O)c1ccc(Br)cc1. The molecule has 24 heavy (non-hydrogen) atoms. The molecule has 1 aliphatic rings. The van der Waals surface area contributed by atoms with Crippen molar-refractivity contribution < 1.29 is 14.4 Å². The number of halogens is 1. The van der Waals surface area contributed by atoms with Gasteiger partial charge in [-0.1, -0.05) is 28.1 Å². The normalized spacial score (nSPS) is 14.5. The molecule has 1 heterocycles. The van der Waals surface area contributed by atoms with E-state index < -0.39 is 0 Å². The Morgan fingerprint density at radius 3 is 2.33 bits per heavy atom. The fraction of sp³-hybridized carbons (Fsp3) is 0.167. The third kappa shape index (κ3) is 2.85. The number of carbonyl (C=O) groups is 3. The number of carbonyl (C=O) groups excluding carboxylic acids is 3. The molecule has 5 nitrogen and oxygen atoms in total. The van der Waals surface area contributed by atoms with E-state index in [0.29, 0.717) is 11.1 Å². The van der Waals surface area contributed by atoms with E-state index in [1.54, 1.807) is 6.07 Å². The lowest BCUT2D eigenvalue weighted by Crippen LogP contribution is -2.27. The summed E-state index contributed by atoms with van der Waals surface area (Å²) in [6.07, 6.45) is 0. The first-order chi connectivity index (χ1) is 11.4. The Morgan fingerprint density at radius 1 is 1.04 bits per heavy atom. The fourth-order valence-corrected chi connectivity index (χ4v) is 2.88. The molecular weight excluding hydrogens is 372 g/mol. The highest BCUT2D eigenvalue weighted by atomic mass is 79.9. The van der Waals surface area contributed by atoms with Crippen molar-refractivity contribution in [1.82, 2.24) is 10.2 Å². The molecule has 3 rings (SSSR count). The lowest BCUT2D eigenvalue weighted by atomic mass is 10.0. The minimum atomic E-state index is -0.384. The summed E-state index contributed by atoms with van der Waals surface area (Å²) >= 11 is 3.38. The predicted molar refractivity (Wildman–Crippen MR) is 92.9 cm³/mol. The highest BCUT2D eigenvalue weighted by molar-refractivity contribution is 9.10. The van der Waals surface area contributed by atoms with Crippen LogP contribution in [0, 0.1) is 0 Å². The van der Waals surface area contributed by atoms with Crippen LogP contribution in [-0.2, 0) is 0 Å². The third-order valence-electron chi connectivity index (χ3n) is 4.07. The van der Waals surface area contributed by atoms with Crippen molar-refractivity contribution in [3.8, 4) is 0 Å². The van der Waals surface area contributed by atoms with E-state index in [9.17, 15) is 14.4 Å². The second-order valence-corrected chi connectivity index (χ2v) is 6.59. The van der Waals surface area contributed by atoms with Gasteiger partial charge in [-0.25, -0.2) is 0 Å². The van der Waals surface area contributed by atoms with Crippen molar-refractivity contribution >= 4 is 33.7 Å². The van der Waals surface area contributed by atoms with E-state index in [1.807, 2.05) is 31.2 Å². The van der Waals surface area contributed by atoms with Gasteiger partial charge in [0.15, 0.2) is 0 Å². The van der Waals surface area contributed by atoms with Gasteiger partial charge >= 0.3 is 0 Å². The molecule has 0 saturated heterocycles. The summed E-state index contributed by atoms with van der Waals surface area (Å²) in [6.45, 7) is 1.89. The van der Waals surface area contributed by atoms with E-state index in [0.717, 1.165) is 14.9 Å². The third-order valence-corrected chi connectivity index (χ3v) is 4.60. The summed E-state index contributed by atoms with van der Waals surface area (Å²) in [5, 5.41) is 2.90. The number of amides is 3. The van der Waals surface area contributed by atoms with Crippen LogP contribution in [0.25, 0.3) is 0 Å². The zero-order valence-electron chi connectivity index (χ0n) is 13.2. The molecule has 2 aromatic carbocycles. The Balaban J connectivity index is 1.80. The fourth-order valence-electron chi connectivity index (χ4n) is 2.62. The molecule has 1 N–H and O–H groups in total. The number of benzene rings is 2. The van der Waals surface area contributed by atoms with Crippen molar-refractivity contribution in [2.24, 2.45) is 0 Å². The quantitative estimate of drug-likeness (QED) is 0.823. The topological polar surface area (TPSA) is 66.5 Å². The highest BCUT2D eigenvalue weighted by Crippen LogP contribution is 2.23. The summed E-state index contributed by atoms with van der Waals surface area (Å²) in [6, 6.07) is 12.1. The van der Waals surface area contributed by atoms with E-state index in [-0.39, 0.29) is 29.3 Å². The number of hydrogen-bond donors (Lipinski definition) is 1. The molecule has 6 heteroatoms. The molecule has 0 radical (unpaired) electrons. The summed E-state index contributed by atoms with van der Waals surface area (Å²) in [5.74, 6) is -1.01. The van der Waals surface area contributed by atoms with Crippen molar-refractivity contribution in [1.29, 1.82) is 0 Å². The minimum absolute atomic E-state index is 0.182. The van der Waals surface area contributed by atoms with Crippen molar-refractivity contribution in [2.75, 3.05) is 7.05 Å². The Labute approximate surface area is 147 Å². The Bertz CT molecular complexity index is 846. The van der Waals surface area contributed by atoms with Gasteiger partial charge in [0, 0.05) is 17.1 Å². The van der Waals surface area contributed by atoms with E-state index in [2.05, 4.69) is 21.2 Å². The van der Waals surface area contributed by atoms with E-state index >= 15 is 0 Å². The largest absolute Gasteiger partial charge is 0.346 e. The van der Waals surface area contributed by atoms with Gasteiger partial charge in [-0.15, -0.1) is 0 Å². The molecule has 1 atom stereocenters. The first-order valence-corrected chi connectivity index (χ1v) is 8.20. The smallest absolute Gasteiger partial charge is 0.261 e. The van der Waals surface area contributed by atoms with Crippen LogP contribution in [0.5, 0.6) is 0 Å². The van der Waals surface area contributed by atoms with E-state index in [1.165, 1.54) is 19.2 Å². The molecule has 122 valence electrons. The van der Waals surface area contributed by atoms with Crippen molar-refractivity contribution in [3.05, 3.63) is 69.2 Å². The molecule has 3 amide bonds. The van der Waals surface area contributed by atoms with Crippen LogP contribution in [0.3, 0.4) is 0 Å². The molecule has 1 unspecified atom stereocenters. The summed E-state index contributed by atoms with van der Waals surface area (Å²) < 4.78 is 0.968. The lowest BCUT2D eigenvalue weighted by molar-refractivity contribution is 0.0693. The molecule has 0 fully saturated rings. The monoisotopic (exact) mass is 386 g/mol. The van der Waals surface area contributed by atoms with Gasteiger partial charge in [0.05, 0.1) is 17.2 Å². The standard InChI is InChI=1S/C18H15BrN2O3/c1-10(11-3-6-13(19)7-4-11)20-16(22)12-5-8-14-15(9-12)18(24)21(2)17(14)23/h3-10H,1-2H3,(H,20,22). The second-order valence-electron chi connectivity index (χ2n) is 5.68. The lowest BCUT2D eigenvalue weighted by Gasteiger charge is -2.14. The summed E-state index contributed by atoms with van der Waals surface area (Å²) in [4.78, 5) is 37.4. The zero-order valence-corrected chi connectivity index (χ0v) is 14.8. The van der Waals surface area contributed by atoms with Gasteiger partial charge in [-0.3, -0.25) is 19.3 Å². The van der Waals surface area contributed by atoms with Crippen LogP contribution in [0.2, 0.25) is 0 Å². The Kier molecular flexibility index (Phi) is 4.24. The number of hydrogen-bond acceptors (Lipinski definition) is 3. The first-order valence-electron chi connectivity index (χ1n) is 7.41. The van der Waals surface area contributed by atoms with Crippen LogP contribution in [0.4, 0.5) is 0 Å². The van der Waals surface area contributed by atoms with Crippen molar-refractivity contribution in [3.63, 3.8) is 0 Å². The van der Waals surface area contributed by atoms with Gasteiger partial charge in [0.1, 0.15) is 0 Å². The molecule has 1 aliphatic heterocycles. The maximum atomic E-state index is 12.4. The van der Waals surface area contributed by atoms with Crippen LogP contribution in [0.15, 0.2) is 46.9 Å². The number of imide groups is 1. The summed E-state index contributed by atoms with van der Waals surface area (Å²) in [5.41, 5.74) is 1.93. The van der Waals surface area contributed by atoms with Gasteiger partial charge < -0.3 is 5.32 Å². The van der Waals surface area contributed by atoms with Gasteiger partial charge in [-0.2, -0.15) is 0 Å². The number of nitrogens with one attached hydrogen (secondary N) is 1. The predicted octanol–water partition coefficient (Wildman–Crippen LogP) is 3.17. The molecule has 0 aromatic heterocycles. The van der Waals surface area contributed by atoms with Crippen LogP contribution < -0.4 is 5.32 Å². The Morgan fingerprint density at radius 2 is 1.67 bits per heavy atom. The molecular formula is C18H15BrN2O3.